The lowest BCUT2D eigenvalue weighted by atomic mass is 10.1. The standard InChI is InChI=1S/C21H20Cl2N6O/c22-17-5-4-14(10-18(17)23)9-15-12-28-20(29-13-15)16(11-24)21(30)27-8-7-26-19-3-1-2-6-25-19/h1-6,10-13H,7-9,24H2,(H,25,26)(H,27,30)/b16-11+. The Hall–Kier alpha value is -3.16. The van der Waals surface area contributed by atoms with E-state index in [1.165, 1.54) is 6.20 Å². The molecule has 0 aliphatic carbocycles. The van der Waals surface area contributed by atoms with Crippen LogP contribution in [-0.2, 0) is 11.2 Å². The van der Waals surface area contributed by atoms with E-state index in [0.717, 1.165) is 16.9 Å². The van der Waals surface area contributed by atoms with Gasteiger partial charge in [-0.15, -0.1) is 0 Å². The maximum Gasteiger partial charge on any atom is 0.256 e. The van der Waals surface area contributed by atoms with Crippen LogP contribution in [0, 0.1) is 0 Å². The molecule has 1 aromatic carbocycles. The third-order valence-corrected chi connectivity index (χ3v) is 4.87. The van der Waals surface area contributed by atoms with Gasteiger partial charge in [-0.05, 0) is 35.4 Å². The number of aromatic nitrogens is 3. The van der Waals surface area contributed by atoms with Crippen LogP contribution in [0.1, 0.15) is 17.0 Å². The molecule has 0 aliphatic rings. The predicted octanol–water partition coefficient (Wildman–Crippen LogP) is 3.30. The Balaban J connectivity index is 1.55. The number of nitrogens with two attached hydrogens (primary N) is 1. The first-order chi connectivity index (χ1) is 14.6. The molecule has 3 aromatic rings. The fraction of sp³-hybridized carbons (Fsp3) is 0.143. The van der Waals surface area contributed by atoms with E-state index in [9.17, 15) is 4.79 Å². The van der Waals surface area contributed by atoms with Crippen molar-refractivity contribution in [2.24, 2.45) is 5.73 Å². The Morgan fingerprint density at radius 1 is 1.00 bits per heavy atom. The number of carbonyl (C=O) groups excluding carboxylic acids is 1. The summed E-state index contributed by atoms with van der Waals surface area (Å²) in [7, 11) is 0. The summed E-state index contributed by atoms with van der Waals surface area (Å²) in [5.41, 5.74) is 7.69. The lowest BCUT2D eigenvalue weighted by Gasteiger charge is -2.09. The number of benzene rings is 1. The highest BCUT2D eigenvalue weighted by Gasteiger charge is 2.14. The van der Waals surface area contributed by atoms with E-state index in [0.29, 0.717) is 29.6 Å². The Kier molecular flexibility index (Phi) is 7.59. The van der Waals surface area contributed by atoms with Gasteiger partial charge < -0.3 is 16.4 Å². The van der Waals surface area contributed by atoms with Crippen molar-refractivity contribution >= 4 is 40.5 Å². The molecule has 0 fully saturated rings. The highest BCUT2D eigenvalue weighted by atomic mass is 35.5. The van der Waals surface area contributed by atoms with Crippen LogP contribution in [0.5, 0.6) is 0 Å². The summed E-state index contributed by atoms with van der Waals surface area (Å²) in [6.07, 6.45) is 6.80. The van der Waals surface area contributed by atoms with Gasteiger partial charge in [-0.25, -0.2) is 15.0 Å². The fourth-order valence-electron chi connectivity index (χ4n) is 2.65. The zero-order valence-corrected chi connectivity index (χ0v) is 17.5. The molecule has 0 atom stereocenters. The van der Waals surface area contributed by atoms with Crippen molar-refractivity contribution in [3.8, 4) is 0 Å². The van der Waals surface area contributed by atoms with Gasteiger partial charge in [-0.1, -0.05) is 35.3 Å². The van der Waals surface area contributed by atoms with Crippen molar-refractivity contribution in [2.45, 2.75) is 6.42 Å². The number of pyridine rings is 1. The minimum Gasteiger partial charge on any atom is -0.404 e. The van der Waals surface area contributed by atoms with Crippen molar-refractivity contribution in [3.63, 3.8) is 0 Å². The fourth-order valence-corrected chi connectivity index (χ4v) is 2.97. The van der Waals surface area contributed by atoms with E-state index in [4.69, 9.17) is 28.9 Å². The highest BCUT2D eigenvalue weighted by molar-refractivity contribution is 6.42. The molecule has 3 rings (SSSR count). The molecule has 154 valence electrons. The maximum atomic E-state index is 12.4. The van der Waals surface area contributed by atoms with Gasteiger partial charge in [0.05, 0.1) is 15.6 Å². The van der Waals surface area contributed by atoms with Crippen LogP contribution in [0.4, 0.5) is 5.82 Å². The van der Waals surface area contributed by atoms with E-state index in [2.05, 4.69) is 25.6 Å². The van der Waals surface area contributed by atoms with E-state index in [-0.39, 0.29) is 17.3 Å². The zero-order valence-electron chi connectivity index (χ0n) is 16.0. The number of nitrogens with one attached hydrogen (secondary N) is 2. The predicted molar refractivity (Wildman–Crippen MR) is 119 cm³/mol. The third-order valence-electron chi connectivity index (χ3n) is 4.13. The molecule has 0 bridgehead atoms. The minimum absolute atomic E-state index is 0.203. The molecule has 0 spiro atoms. The second-order valence-electron chi connectivity index (χ2n) is 6.32. The lowest BCUT2D eigenvalue weighted by molar-refractivity contribution is -0.115. The summed E-state index contributed by atoms with van der Waals surface area (Å²) in [5.74, 6) is 0.644. The molecule has 2 heterocycles. The second-order valence-corrected chi connectivity index (χ2v) is 7.13. The zero-order chi connectivity index (χ0) is 21.3. The monoisotopic (exact) mass is 442 g/mol. The van der Waals surface area contributed by atoms with Crippen LogP contribution in [0.25, 0.3) is 5.57 Å². The Bertz CT molecular complexity index is 1030. The van der Waals surface area contributed by atoms with Crippen LogP contribution in [0.3, 0.4) is 0 Å². The summed E-state index contributed by atoms with van der Waals surface area (Å²) >= 11 is 12.0. The number of hydrogen-bond acceptors (Lipinski definition) is 6. The van der Waals surface area contributed by atoms with Gasteiger partial charge in [0.15, 0.2) is 5.82 Å². The number of amides is 1. The second kappa shape index (κ2) is 10.6. The van der Waals surface area contributed by atoms with E-state index >= 15 is 0 Å². The summed E-state index contributed by atoms with van der Waals surface area (Å²) in [6, 6.07) is 11.0. The molecule has 0 aliphatic heterocycles. The van der Waals surface area contributed by atoms with Gasteiger partial charge in [-0.3, -0.25) is 4.79 Å². The van der Waals surface area contributed by atoms with Crippen molar-refractivity contribution in [1.82, 2.24) is 20.3 Å². The van der Waals surface area contributed by atoms with Gasteiger partial charge in [0, 0.05) is 44.3 Å². The molecule has 0 radical (unpaired) electrons. The molecule has 0 saturated heterocycles. The minimum atomic E-state index is -0.349. The largest absolute Gasteiger partial charge is 0.404 e. The summed E-state index contributed by atoms with van der Waals surface area (Å²) in [5, 5.41) is 6.89. The maximum absolute atomic E-state index is 12.4. The smallest absolute Gasteiger partial charge is 0.256 e. The Morgan fingerprint density at radius 2 is 1.80 bits per heavy atom. The van der Waals surface area contributed by atoms with E-state index < -0.39 is 0 Å². The molecule has 1 amide bonds. The first kappa shape index (κ1) is 21.5. The summed E-state index contributed by atoms with van der Waals surface area (Å²) in [6.45, 7) is 0.909. The number of rotatable bonds is 8. The SMILES string of the molecule is N/C=C(/C(=O)NCCNc1ccccn1)c1ncc(Cc2ccc(Cl)c(Cl)c2)cn1. The average Bonchev–Trinajstić information content (AvgIpc) is 2.76. The topological polar surface area (TPSA) is 106 Å². The van der Waals surface area contributed by atoms with Crippen molar-refractivity contribution < 1.29 is 4.79 Å². The average molecular weight is 443 g/mol. The molecular weight excluding hydrogens is 423 g/mol. The van der Waals surface area contributed by atoms with Crippen LogP contribution < -0.4 is 16.4 Å². The van der Waals surface area contributed by atoms with Crippen molar-refractivity contribution in [3.05, 3.63) is 88.2 Å². The van der Waals surface area contributed by atoms with Gasteiger partial charge in [0.1, 0.15) is 5.82 Å². The van der Waals surface area contributed by atoms with Gasteiger partial charge in [0.25, 0.3) is 5.91 Å². The number of nitrogens with zero attached hydrogens (tertiary/aromatic N) is 3. The Morgan fingerprint density at radius 3 is 2.47 bits per heavy atom. The molecule has 0 unspecified atom stereocenters. The molecule has 2 aromatic heterocycles. The number of hydrogen-bond donors (Lipinski definition) is 3. The highest BCUT2D eigenvalue weighted by Crippen LogP contribution is 2.23. The van der Waals surface area contributed by atoms with Crippen LogP contribution in [0.15, 0.2) is 61.2 Å². The van der Waals surface area contributed by atoms with Crippen LogP contribution in [-0.4, -0.2) is 33.9 Å². The first-order valence-corrected chi connectivity index (χ1v) is 9.92. The van der Waals surface area contributed by atoms with Gasteiger partial charge in [-0.2, -0.15) is 0 Å². The number of halogens is 2. The van der Waals surface area contributed by atoms with Gasteiger partial charge in [0.2, 0.25) is 0 Å². The van der Waals surface area contributed by atoms with Crippen LogP contribution in [0.2, 0.25) is 10.0 Å². The van der Waals surface area contributed by atoms with Crippen molar-refractivity contribution in [1.29, 1.82) is 0 Å². The first-order valence-electron chi connectivity index (χ1n) is 9.17. The summed E-state index contributed by atoms with van der Waals surface area (Å²) < 4.78 is 0. The number of carbonyl (C=O) groups is 1. The third kappa shape index (κ3) is 5.92. The quantitative estimate of drug-likeness (QED) is 0.365. The Labute approximate surface area is 184 Å². The summed E-state index contributed by atoms with van der Waals surface area (Å²) in [4.78, 5) is 25.1. The molecular formula is C21H20Cl2N6O. The molecule has 0 saturated carbocycles. The lowest BCUT2D eigenvalue weighted by Crippen LogP contribution is -2.30. The van der Waals surface area contributed by atoms with Crippen LogP contribution >= 0.6 is 23.2 Å². The molecule has 9 heteroatoms. The van der Waals surface area contributed by atoms with E-state index in [1.54, 1.807) is 30.7 Å². The molecule has 4 N–H and O–H groups in total. The van der Waals surface area contributed by atoms with E-state index in [1.807, 2.05) is 24.3 Å². The van der Waals surface area contributed by atoms with Crippen molar-refractivity contribution in [2.75, 3.05) is 18.4 Å². The molecule has 7 nitrogen and oxygen atoms in total. The van der Waals surface area contributed by atoms with Gasteiger partial charge >= 0.3 is 0 Å². The molecule has 30 heavy (non-hydrogen) atoms. The number of anilines is 1. The normalized spacial score (nSPS) is 11.2.